The average molecular weight is 394 g/mol. The molecule has 3 amide bonds. The SMILES string of the molecule is COCC(=O)N1CCN(C(=O)c2ccsc2)CCNC(=O)[C@H]2CCCC[C@H]21. The molecule has 27 heavy (non-hydrogen) atoms. The van der Waals surface area contributed by atoms with Crippen molar-refractivity contribution in [1.29, 1.82) is 0 Å². The summed E-state index contributed by atoms with van der Waals surface area (Å²) < 4.78 is 5.05. The first-order valence-electron chi connectivity index (χ1n) is 9.49. The zero-order valence-electron chi connectivity index (χ0n) is 15.7. The Morgan fingerprint density at radius 1 is 1.26 bits per heavy atom. The summed E-state index contributed by atoms with van der Waals surface area (Å²) in [5.74, 6) is -0.380. The fourth-order valence-electron chi connectivity index (χ4n) is 4.03. The summed E-state index contributed by atoms with van der Waals surface area (Å²) in [6, 6.07) is 1.67. The van der Waals surface area contributed by atoms with E-state index in [1.807, 2.05) is 10.8 Å². The molecule has 1 saturated heterocycles. The molecule has 1 N–H and O–H groups in total. The number of amides is 3. The fraction of sp³-hybridized carbons (Fsp3) is 0.632. The van der Waals surface area contributed by atoms with Gasteiger partial charge in [0.05, 0.1) is 11.5 Å². The van der Waals surface area contributed by atoms with Gasteiger partial charge in [0.2, 0.25) is 11.8 Å². The first-order chi connectivity index (χ1) is 13.1. The summed E-state index contributed by atoms with van der Waals surface area (Å²) in [4.78, 5) is 41.7. The molecule has 1 aliphatic heterocycles. The fourth-order valence-corrected chi connectivity index (χ4v) is 4.66. The second-order valence-electron chi connectivity index (χ2n) is 7.07. The molecule has 148 valence electrons. The molecule has 0 aromatic carbocycles. The summed E-state index contributed by atoms with van der Waals surface area (Å²) in [5.41, 5.74) is 0.647. The Kier molecular flexibility index (Phi) is 6.84. The lowest BCUT2D eigenvalue weighted by Gasteiger charge is -2.41. The second-order valence-corrected chi connectivity index (χ2v) is 7.85. The third-order valence-corrected chi connectivity index (χ3v) is 6.09. The van der Waals surface area contributed by atoms with E-state index in [9.17, 15) is 14.4 Å². The van der Waals surface area contributed by atoms with Gasteiger partial charge in [-0.1, -0.05) is 12.8 Å². The van der Waals surface area contributed by atoms with Gasteiger partial charge in [0.1, 0.15) is 6.61 Å². The minimum absolute atomic E-state index is 0.0106. The number of rotatable bonds is 3. The van der Waals surface area contributed by atoms with Crippen molar-refractivity contribution in [3.63, 3.8) is 0 Å². The molecule has 0 unspecified atom stereocenters. The molecule has 2 aliphatic rings. The van der Waals surface area contributed by atoms with Crippen molar-refractivity contribution >= 4 is 29.1 Å². The van der Waals surface area contributed by atoms with Crippen LogP contribution < -0.4 is 5.32 Å². The molecule has 3 rings (SSSR count). The van der Waals surface area contributed by atoms with Crippen LogP contribution in [0.1, 0.15) is 36.0 Å². The van der Waals surface area contributed by atoms with E-state index in [1.165, 1.54) is 18.4 Å². The topological polar surface area (TPSA) is 79.0 Å². The Balaban J connectivity index is 1.81. The lowest BCUT2D eigenvalue weighted by Crippen LogP contribution is -2.56. The van der Waals surface area contributed by atoms with Crippen LogP contribution in [-0.4, -0.2) is 73.5 Å². The van der Waals surface area contributed by atoms with Gasteiger partial charge in [0, 0.05) is 44.7 Å². The lowest BCUT2D eigenvalue weighted by atomic mass is 9.82. The lowest BCUT2D eigenvalue weighted by molar-refractivity contribution is -0.142. The normalized spacial score (nSPS) is 24.1. The van der Waals surface area contributed by atoms with E-state index in [0.717, 1.165) is 25.7 Å². The van der Waals surface area contributed by atoms with Crippen molar-refractivity contribution in [2.75, 3.05) is 39.9 Å². The van der Waals surface area contributed by atoms with Gasteiger partial charge in [0.15, 0.2) is 0 Å². The molecule has 2 atom stereocenters. The molecule has 1 aromatic rings. The molecule has 1 aromatic heterocycles. The van der Waals surface area contributed by atoms with E-state index in [-0.39, 0.29) is 36.3 Å². The van der Waals surface area contributed by atoms with Crippen molar-refractivity contribution in [1.82, 2.24) is 15.1 Å². The second kappa shape index (κ2) is 9.32. The number of nitrogens with zero attached hydrogens (tertiary/aromatic N) is 2. The quantitative estimate of drug-likeness (QED) is 0.841. The molecule has 2 heterocycles. The molecule has 0 bridgehead atoms. The van der Waals surface area contributed by atoms with Crippen LogP contribution >= 0.6 is 11.3 Å². The molecule has 2 fully saturated rings. The third kappa shape index (κ3) is 4.68. The molecule has 1 aliphatic carbocycles. The van der Waals surface area contributed by atoms with Crippen LogP contribution in [0.25, 0.3) is 0 Å². The largest absolute Gasteiger partial charge is 0.375 e. The van der Waals surface area contributed by atoms with E-state index in [0.29, 0.717) is 31.7 Å². The predicted molar refractivity (Wildman–Crippen MR) is 103 cm³/mol. The first kappa shape index (κ1) is 19.8. The number of hydrogen-bond donors (Lipinski definition) is 1. The number of carbonyl (C=O) groups is 3. The maximum atomic E-state index is 12.8. The zero-order chi connectivity index (χ0) is 19.2. The smallest absolute Gasteiger partial charge is 0.254 e. The number of fused-ring (bicyclic) bond motifs is 1. The molecular formula is C19H27N3O4S. The van der Waals surface area contributed by atoms with Gasteiger partial charge in [-0.25, -0.2) is 0 Å². The van der Waals surface area contributed by atoms with Crippen molar-refractivity contribution in [2.24, 2.45) is 5.92 Å². The number of methoxy groups -OCH3 is 1. The van der Waals surface area contributed by atoms with Gasteiger partial charge < -0.3 is 19.9 Å². The van der Waals surface area contributed by atoms with Crippen LogP contribution in [-0.2, 0) is 14.3 Å². The average Bonchev–Trinajstić information content (AvgIpc) is 3.21. The van der Waals surface area contributed by atoms with E-state index in [1.54, 1.807) is 15.9 Å². The van der Waals surface area contributed by atoms with Gasteiger partial charge in [0.25, 0.3) is 5.91 Å². The highest BCUT2D eigenvalue weighted by molar-refractivity contribution is 7.08. The van der Waals surface area contributed by atoms with E-state index >= 15 is 0 Å². The minimum atomic E-state index is -0.182. The maximum Gasteiger partial charge on any atom is 0.254 e. The summed E-state index contributed by atoms with van der Waals surface area (Å²) in [7, 11) is 1.50. The monoisotopic (exact) mass is 393 g/mol. The summed E-state index contributed by atoms with van der Waals surface area (Å²) >= 11 is 1.48. The standard InChI is InChI=1S/C19H27N3O4S/c1-26-12-17(23)22-10-9-21(19(25)14-6-11-27-13-14)8-7-20-18(24)15-4-2-3-5-16(15)22/h6,11,13,15-16H,2-5,7-10,12H2,1H3,(H,20,24)/t15-,16+/m0/s1. The Morgan fingerprint density at radius 2 is 2.07 bits per heavy atom. The van der Waals surface area contributed by atoms with Crippen molar-refractivity contribution in [2.45, 2.75) is 31.7 Å². The van der Waals surface area contributed by atoms with E-state index < -0.39 is 0 Å². The van der Waals surface area contributed by atoms with Gasteiger partial charge >= 0.3 is 0 Å². The number of thiophene rings is 1. The third-order valence-electron chi connectivity index (χ3n) is 5.40. The van der Waals surface area contributed by atoms with Crippen LogP contribution in [0.2, 0.25) is 0 Å². The summed E-state index contributed by atoms with van der Waals surface area (Å²) in [6.45, 7) is 1.73. The summed E-state index contributed by atoms with van der Waals surface area (Å²) in [5, 5.41) is 6.67. The maximum absolute atomic E-state index is 12.8. The molecule has 0 spiro atoms. The Morgan fingerprint density at radius 3 is 2.81 bits per heavy atom. The number of ether oxygens (including phenoxy) is 1. The van der Waals surface area contributed by atoms with Gasteiger partial charge in [-0.05, 0) is 24.3 Å². The van der Waals surface area contributed by atoms with Crippen LogP contribution in [0.4, 0.5) is 0 Å². The zero-order valence-corrected chi connectivity index (χ0v) is 16.5. The number of carbonyl (C=O) groups excluding carboxylic acids is 3. The van der Waals surface area contributed by atoms with Crippen LogP contribution in [0.15, 0.2) is 16.8 Å². The molecule has 7 nitrogen and oxygen atoms in total. The van der Waals surface area contributed by atoms with E-state index in [2.05, 4.69) is 5.32 Å². The van der Waals surface area contributed by atoms with E-state index in [4.69, 9.17) is 4.74 Å². The highest BCUT2D eigenvalue weighted by Gasteiger charge is 2.37. The Hall–Kier alpha value is -1.93. The molecule has 0 radical (unpaired) electrons. The van der Waals surface area contributed by atoms with Gasteiger partial charge in [-0.15, -0.1) is 0 Å². The highest BCUT2D eigenvalue weighted by Crippen LogP contribution is 2.29. The Labute approximate surface area is 163 Å². The first-order valence-corrected chi connectivity index (χ1v) is 10.4. The number of hydrogen-bond acceptors (Lipinski definition) is 5. The van der Waals surface area contributed by atoms with Crippen molar-refractivity contribution in [3.8, 4) is 0 Å². The van der Waals surface area contributed by atoms with Gasteiger partial charge in [-0.3, -0.25) is 14.4 Å². The van der Waals surface area contributed by atoms with Crippen molar-refractivity contribution < 1.29 is 19.1 Å². The minimum Gasteiger partial charge on any atom is -0.375 e. The molecule has 1 saturated carbocycles. The molecular weight excluding hydrogens is 366 g/mol. The predicted octanol–water partition coefficient (Wildman–Crippen LogP) is 1.35. The van der Waals surface area contributed by atoms with Crippen LogP contribution in [0.3, 0.4) is 0 Å². The Bertz CT molecular complexity index is 664. The van der Waals surface area contributed by atoms with Crippen LogP contribution in [0.5, 0.6) is 0 Å². The van der Waals surface area contributed by atoms with Crippen LogP contribution in [0, 0.1) is 5.92 Å². The highest BCUT2D eigenvalue weighted by atomic mass is 32.1. The number of nitrogens with one attached hydrogen (secondary N) is 1. The van der Waals surface area contributed by atoms with Crippen molar-refractivity contribution in [3.05, 3.63) is 22.4 Å². The summed E-state index contributed by atoms with van der Waals surface area (Å²) in [6.07, 6.45) is 3.61. The van der Waals surface area contributed by atoms with Gasteiger partial charge in [-0.2, -0.15) is 11.3 Å². The molecule has 8 heteroatoms.